The highest BCUT2D eigenvalue weighted by molar-refractivity contribution is 7.89. The first-order valence-corrected chi connectivity index (χ1v) is 11.5. The summed E-state index contributed by atoms with van der Waals surface area (Å²) >= 11 is 17.7. The van der Waals surface area contributed by atoms with E-state index in [0.29, 0.717) is 32.6 Å². The Morgan fingerprint density at radius 2 is 1.48 bits per heavy atom. The van der Waals surface area contributed by atoms with Gasteiger partial charge in [-0.3, -0.25) is 4.79 Å². The number of sulfonamides is 1. The van der Waals surface area contributed by atoms with Gasteiger partial charge in [-0.1, -0.05) is 46.9 Å². The molecular weight excluding hydrogens is 481 g/mol. The predicted molar refractivity (Wildman–Crippen MR) is 125 cm³/mol. The molecule has 0 heterocycles. The third kappa shape index (κ3) is 5.98. The number of carbonyl (C=O) groups excluding carboxylic acids is 1. The average Bonchev–Trinajstić information content (AvgIpc) is 2.73. The molecule has 2 N–H and O–H groups in total. The molecule has 3 aromatic rings. The molecule has 0 unspecified atom stereocenters. The maximum Gasteiger partial charge on any atom is 0.276 e. The number of halogens is 3. The second-order valence-corrected chi connectivity index (χ2v) is 9.34. The van der Waals surface area contributed by atoms with Crippen molar-refractivity contribution in [1.29, 1.82) is 0 Å². The highest BCUT2D eigenvalue weighted by Gasteiger charge is 2.13. The molecule has 160 valence electrons. The molecule has 3 rings (SSSR count). The van der Waals surface area contributed by atoms with E-state index < -0.39 is 10.0 Å². The molecule has 1 amide bonds. The molecule has 0 spiro atoms. The van der Waals surface area contributed by atoms with Crippen LogP contribution in [0.5, 0.6) is 0 Å². The Labute approximate surface area is 194 Å². The summed E-state index contributed by atoms with van der Waals surface area (Å²) in [5, 5.41) is 7.81. The summed E-state index contributed by atoms with van der Waals surface area (Å²) in [6, 6.07) is 17.1. The van der Waals surface area contributed by atoms with Crippen LogP contribution in [0.2, 0.25) is 15.1 Å². The van der Waals surface area contributed by atoms with Crippen molar-refractivity contribution < 1.29 is 13.2 Å². The molecule has 0 fully saturated rings. The minimum Gasteiger partial charge on any atom is -0.322 e. The summed E-state index contributed by atoms with van der Waals surface area (Å²) in [6.45, 7) is 1.66. The predicted octanol–water partition coefficient (Wildman–Crippen LogP) is 5.60. The van der Waals surface area contributed by atoms with Gasteiger partial charge in [0.25, 0.3) is 15.9 Å². The molecule has 0 aliphatic heterocycles. The first-order valence-electron chi connectivity index (χ1n) is 8.84. The van der Waals surface area contributed by atoms with Crippen LogP contribution in [-0.4, -0.2) is 20.0 Å². The Morgan fingerprint density at radius 1 is 0.871 bits per heavy atom. The zero-order chi connectivity index (χ0) is 22.6. The van der Waals surface area contributed by atoms with E-state index in [1.54, 1.807) is 37.3 Å². The van der Waals surface area contributed by atoms with Crippen molar-refractivity contribution in [3.8, 4) is 0 Å². The number of hydrogen-bond donors (Lipinski definition) is 2. The summed E-state index contributed by atoms with van der Waals surface area (Å²) in [7, 11) is -3.82. The maximum absolute atomic E-state index is 12.4. The van der Waals surface area contributed by atoms with Crippen LogP contribution >= 0.6 is 34.8 Å². The molecule has 31 heavy (non-hydrogen) atoms. The summed E-state index contributed by atoms with van der Waals surface area (Å²) in [5.74, 6) is -0.379. The van der Waals surface area contributed by atoms with Crippen molar-refractivity contribution >= 4 is 62.1 Å². The summed E-state index contributed by atoms with van der Waals surface area (Å²) in [6.07, 6.45) is 0. The van der Waals surface area contributed by atoms with E-state index in [1.807, 2.05) is 0 Å². The molecule has 10 heteroatoms. The molecule has 0 saturated heterocycles. The van der Waals surface area contributed by atoms with Crippen LogP contribution in [0.1, 0.15) is 22.8 Å². The minimum atomic E-state index is -3.82. The van der Waals surface area contributed by atoms with Crippen LogP contribution < -0.4 is 10.1 Å². The average molecular weight is 497 g/mol. The Kier molecular flexibility index (Phi) is 7.23. The molecule has 6 nitrogen and oxygen atoms in total. The molecule has 0 aliphatic rings. The number of hydrogen-bond acceptors (Lipinski definition) is 4. The van der Waals surface area contributed by atoms with Gasteiger partial charge in [0.1, 0.15) is 0 Å². The van der Waals surface area contributed by atoms with Gasteiger partial charge in [-0.05, 0) is 67.1 Å². The van der Waals surface area contributed by atoms with E-state index in [9.17, 15) is 13.2 Å². The second kappa shape index (κ2) is 9.70. The van der Waals surface area contributed by atoms with E-state index in [4.69, 9.17) is 34.8 Å². The monoisotopic (exact) mass is 495 g/mol. The van der Waals surface area contributed by atoms with Crippen molar-refractivity contribution in [3.63, 3.8) is 0 Å². The van der Waals surface area contributed by atoms with Gasteiger partial charge in [0, 0.05) is 15.7 Å². The van der Waals surface area contributed by atoms with Crippen LogP contribution in [0.25, 0.3) is 0 Å². The first kappa shape index (κ1) is 23.1. The molecule has 0 aliphatic carbocycles. The topological polar surface area (TPSA) is 87.6 Å². The Hall–Kier alpha value is -2.58. The quantitative estimate of drug-likeness (QED) is 0.344. The molecule has 0 aromatic heterocycles. The van der Waals surface area contributed by atoms with Gasteiger partial charge in [-0.2, -0.15) is 18.4 Å². The second-order valence-electron chi connectivity index (χ2n) is 6.40. The highest BCUT2D eigenvalue weighted by atomic mass is 35.5. The van der Waals surface area contributed by atoms with Crippen molar-refractivity contribution in [2.45, 2.75) is 11.8 Å². The minimum absolute atomic E-state index is 0.0485. The number of hydrazone groups is 1. The number of nitrogens with one attached hydrogen (secondary N) is 2. The lowest BCUT2D eigenvalue weighted by atomic mass is 10.1. The fourth-order valence-electron chi connectivity index (χ4n) is 2.53. The van der Waals surface area contributed by atoms with Gasteiger partial charge >= 0.3 is 0 Å². The molecule has 0 atom stereocenters. The fraction of sp³-hybridized carbons (Fsp3) is 0.0476. The number of benzene rings is 3. The fourth-order valence-corrected chi connectivity index (χ4v) is 4.00. The van der Waals surface area contributed by atoms with E-state index in [-0.39, 0.29) is 15.8 Å². The zero-order valence-corrected chi connectivity index (χ0v) is 19.1. The van der Waals surface area contributed by atoms with Crippen LogP contribution in [-0.2, 0) is 10.0 Å². The lowest BCUT2D eigenvalue weighted by Crippen LogP contribution is -2.20. The summed E-state index contributed by atoms with van der Waals surface area (Å²) in [5.41, 5.74) is 1.94. The van der Waals surface area contributed by atoms with Gasteiger partial charge in [0.15, 0.2) is 0 Å². The van der Waals surface area contributed by atoms with E-state index in [0.717, 1.165) is 0 Å². The van der Waals surface area contributed by atoms with Gasteiger partial charge in [0.05, 0.1) is 21.2 Å². The summed E-state index contributed by atoms with van der Waals surface area (Å²) in [4.78, 5) is 14.6. The SMILES string of the molecule is C/C(=N/NS(=O)(=O)c1ccc(Cl)cc1)c1ccc(NC(=O)c2ccc(Cl)cc2Cl)cc1. The third-order valence-electron chi connectivity index (χ3n) is 4.19. The van der Waals surface area contributed by atoms with Crippen molar-refractivity contribution in [2.75, 3.05) is 5.32 Å². The van der Waals surface area contributed by atoms with Gasteiger partial charge in [0.2, 0.25) is 0 Å². The van der Waals surface area contributed by atoms with E-state index >= 15 is 0 Å². The van der Waals surface area contributed by atoms with Crippen LogP contribution in [0.3, 0.4) is 0 Å². The normalized spacial score (nSPS) is 11.8. The lowest BCUT2D eigenvalue weighted by Gasteiger charge is -2.09. The first-order chi connectivity index (χ1) is 14.7. The number of amides is 1. The molecule has 0 bridgehead atoms. The van der Waals surface area contributed by atoms with Crippen LogP contribution in [0, 0.1) is 0 Å². The molecule has 0 radical (unpaired) electrons. The van der Waals surface area contributed by atoms with Crippen molar-refractivity contribution in [3.05, 3.63) is 92.9 Å². The van der Waals surface area contributed by atoms with Gasteiger partial charge < -0.3 is 5.32 Å². The lowest BCUT2D eigenvalue weighted by molar-refractivity contribution is 0.102. The van der Waals surface area contributed by atoms with E-state index in [1.165, 1.54) is 36.4 Å². The third-order valence-corrected chi connectivity index (χ3v) is 6.22. The standard InChI is InChI=1S/C21H16Cl3N3O3S/c1-13(26-27-31(29,30)18-9-4-15(22)5-10-18)14-2-7-17(8-3-14)25-21(28)19-11-6-16(23)12-20(19)24/h2-12,27H,1H3,(H,25,28)/b26-13-. The Balaban J connectivity index is 1.68. The van der Waals surface area contributed by atoms with Crippen LogP contribution in [0.15, 0.2) is 76.7 Å². The smallest absolute Gasteiger partial charge is 0.276 e. The number of nitrogens with zero attached hydrogens (tertiary/aromatic N) is 1. The Morgan fingerprint density at radius 3 is 2.10 bits per heavy atom. The Bertz CT molecular complexity index is 1240. The maximum atomic E-state index is 12.4. The number of anilines is 1. The molecular formula is C21H16Cl3N3O3S. The van der Waals surface area contributed by atoms with Crippen molar-refractivity contribution in [2.24, 2.45) is 5.10 Å². The zero-order valence-electron chi connectivity index (χ0n) is 16.1. The molecule has 3 aromatic carbocycles. The van der Waals surface area contributed by atoms with Gasteiger partial charge in [-0.25, -0.2) is 0 Å². The van der Waals surface area contributed by atoms with E-state index in [2.05, 4.69) is 15.2 Å². The van der Waals surface area contributed by atoms with Crippen molar-refractivity contribution in [1.82, 2.24) is 4.83 Å². The molecule has 0 saturated carbocycles. The van der Waals surface area contributed by atoms with Gasteiger partial charge in [-0.15, -0.1) is 0 Å². The number of rotatable bonds is 6. The number of carbonyl (C=O) groups is 1. The summed E-state index contributed by atoms with van der Waals surface area (Å²) < 4.78 is 24.6. The van der Waals surface area contributed by atoms with Crippen LogP contribution in [0.4, 0.5) is 5.69 Å². The highest BCUT2D eigenvalue weighted by Crippen LogP contribution is 2.22. The largest absolute Gasteiger partial charge is 0.322 e.